The summed E-state index contributed by atoms with van der Waals surface area (Å²) in [5.74, 6) is -0.450. The van der Waals surface area contributed by atoms with Crippen LogP contribution in [0, 0.1) is 12.3 Å². The molecule has 1 unspecified atom stereocenters. The Balaban J connectivity index is 2.15. The molecule has 0 saturated heterocycles. The smallest absolute Gasteiger partial charge is 0.186 e. The fourth-order valence-electron chi connectivity index (χ4n) is 3.28. The quantitative estimate of drug-likeness (QED) is 0.536. The molecule has 2 aromatic rings. The minimum Gasteiger partial charge on any atom is -0.297 e. The lowest BCUT2D eigenvalue weighted by atomic mass is 9.84. The molecule has 3 rings (SSSR count). The van der Waals surface area contributed by atoms with Gasteiger partial charge >= 0.3 is 0 Å². The average molecular weight is 361 g/mol. The standard InChI is InChI=1S/C20H18Cl2O2/c1-12-4-5-14(13-6-8-15(21)9-7-13)10-16(12)20(22)17(23)11-19(2,3)18(20)24/h4-10H,11H2,1-3H3. The van der Waals surface area contributed by atoms with Gasteiger partial charge in [0.2, 0.25) is 0 Å². The second-order valence-electron chi connectivity index (χ2n) is 7.01. The summed E-state index contributed by atoms with van der Waals surface area (Å²) in [6.07, 6.45) is 0.167. The van der Waals surface area contributed by atoms with Crippen LogP contribution in [0.4, 0.5) is 0 Å². The Morgan fingerprint density at radius 2 is 1.54 bits per heavy atom. The summed E-state index contributed by atoms with van der Waals surface area (Å²) in [6.45, 7) is 5.42. The van der Waals surface area contributed by atoms with Crippen LogP contribution in [-0.4, -0.2) is 11.6 Å². The number of rotatable bonds is 2. The van der Waals surface area contributed by atoms with Crippen molar-refractivity contribution in [3.63, 3.8) is 0 Å². The molecule has 0 aromatic heterocycles. The van der Waals surface area contributed by atoms with E-state index in [1.54, 1.807) is 13.8 Å². The summed E-state index contributed by atoms with van der Waals surface area (Å²) in [5, 5.41) is 0.655. The molecule has 4 heteroatoms. The highest BCUT2D eigenvalue weighted by molar-refractivity contribution is 6.49. The van der Waals surface area contributed by atoms with E-state index >= 15 is 0 Å². The maximum Gasteiger partial charge on any atom is 0.186 e. The minimum atomic E-state index is -1.59. The molecule has 0 radical (unpaired) electrons. The molecule has 1 saturated carbocycles. The summed E-state index contributed by atoms with van der Waals surface area (Å²) < 4.78 is 0. The van der Waals surface area contributed by atoms with Gasteiger partial charge in [-0.2, -0.15) is 0 Å². The van der Waals surface area contributed by atoms with Crippen LogP contribution in [0.15, 0.2) is 42.5 Å². The number of hydrogen-bond donors (Lipinski definition) is 0. The number of alkyl halides is 1. The molecule has 1 aliphatic rings. The molecular formula is C20H18Cl2O2. The molecule has 1 aliphatic carbocycles. The van der Waals surface area contributed by atoms with Gasteiger partial charge in [-0.1, -0.05) is 61.3 Å². The average Bonchev–Trinajstić information content (AvgIpc) is 2.69. The van der Waals surface area contributed by atoms with Crippen LogP contribution in [0.25, 0.3) is 11.1 Å². The van der Waals surface area contributed by atoms with Crippen LogP contribution in [0.3, 0.4) is 0 Å². The maximum atomic E-state index is 12.8. The lowest BCUT2D eigenvalue weighted by Crippen LogP contribution is -2.35. The van der Waals surface area contributed by atoms with Crippen molar-refractivity contribution in [3.8, 4) is 11.1 Å². The zero-order valence-electron chi connectivity index (χ0n) is 13.8. The van der Waals surface area contributed by atoms with Crippen molar-refractivity contribution in [2.75, 3.05) is 0 Å². The van der Waals surface area contributed by atoms with Gasteiger partial charge in [0.1, 0.15) is 0 Å². The van der Waals surface area contributed by atoms with E-state index in [0.717, 1.165) is 16.7 Å². The van der Waals surface area contributed by atoms with Crippen LogP contribution in [0.5, 0.6) is 0 Å². The Labute approximate surface area is 151 Å². The van der Waals surface area contributed by atoms with Crippen molar-refractivity contribution in [1.82, 2.24) is 0 Å². The maximum absolute atomic E-state index is 12.8. The van der Waals surface area contributed by atoms with Gasteiger partial charge in [0, 0.05) is 16.9 Å². The summed E-state index contributed by atoms with van der Waals surface area (Å²) in [5.41, 5.74) is 2.54. The van der Waals surface area contributed by atoms with E-state index in [1.165, 1.54) is 0 Å². The van der Waals surface area contributed by atoms with Crippen molar-refractivity contribution in [3.05, 3.63) is 58.6 Å². The molecule has 2 nitrogen and oxygen atoms in total. The third-order valence-corrected chi connectivity index (χ3v) is 5.54. The first-order valence-corrected chi connectivity index (χ1v) is 8.56. The van der Waals surface area contributed by atoms with Crippen molar-refractivity contribution in [1.29, 1.82) is 0 Å². The van der Waals surface area contributed by atoms with E-state index in [9.17, 15) is 9.59 Å². The number of ketones is 2. The van der Waals surface area contributed by atoms with Gasteiger partial charge in [-0.15, -0.1) is 0 Å². The van der Waals surface area contributed by atoms with Gasteiger partial charge in [0.15, 0.2) is 16.4 Å². The topological polar surface area (TPSA) is 34.1 Å². The lowest BCUT2D eigenvalue weighted by molar-refractivity contribution is -0.128. The molecule has 2 aromatic carbocycles. The zero-order chi connectivity index (χ0) is 17.7. The van der Waals surface area contributed by atoms with Gasteiger partial charge in [-0.3, -0.25) is 9.59 Å². The number of aryl methyl sites for hydroxylation is 1. The molecule has 1 atom stereocenters. The second-order valence-corrected chi connectivity index (χ2v) is 8.01. The SMILES string of the molecule is Cc1ccc(-c2ccc(Cl)cc2)cc1C1(Cl)C(=O)CC(C)(C)C1=O. The Morgan fingerprint density at radius 3 is 2.08 bits per heavy atom. The van der Waals surface area contributed by atoms with Gasteiger partial charge in [0.05, 0.1) is 0 Å². The first-order chi connectivity index (χ1) is 11.2. The predicted octanol–water partition coefficient (Wildman–Crippen LogP) is 5.32. The van der Waals surface area contributed by atoms with E-state index in [0.29, 0.717) is 10.6 Å². The molecule has 0 heterocycles. The van der Waals surface area contributed by atoms with Crippen molar-refractivity contribution in [2.24, 2.45) is 5.41 Å². The van der Waals surface area contributed by atoms with Crippen LogP contribution in [0.2, 0.25) is 5.02 Å². The molecular weight excluding hydrogens is 343 g/mol. The summed E-state index contributed by atoms with van der Waals surface area (Å²) in [4.78, 5) is 23.8. The Bertz CT molecular complexity index is 837. The Hall–Kier alpha value is -1.64. The normalized spacial score (nSPS) is 22.9. The molecule has 124 valence electrons. The Kier molecular flexibility index (Phi) is 4.09. The van der Waals surface area contributed by atoms with E-state index in [2.05, 4.69) is 0 Å². The molecule has 1 fully saturated rings. The monoisotopic (exact) mass is 360 g/mol. The lowest BCUT2D eigenvalue weighted by Gasteiger charge is -2.24. The van der Waals surface area contributed by atoms with Crippen molar-refractivity contribution >= 4 is 34.8 Å². The van der Waals surface area contributed by atoms with Crippen LogP contribution in [-0.2, 0) is 14.5 Å². The Morgan fingerprint density at radius 1 is 0.958 bits per heavy atom. The zero-order valence-corrected chi connectivity index (χ0v) is 15.3. The van der Waals surface area contributed by atoms with Gasteiger partial charge in [0.25, 0.3) is 0 Å². The first-order valence-electron chi connectivity index (χ1n) is 7.80. The van der Waals surface area contributed by atoms with Crippen LogP contribution < -0.4 is 0 Å². The largest absolute Gasteiger partial charge is 0.297 e. The van der Waals surface area contributed by atoms with Crippen LogP contribution >= 0.6 is 23.2 Å². The van der Waals surface area contributed by atoms with Gasteiger partial charge in [-0.05, 0) is 47.4 Å². The van der Waals surface area contributed by atoms with Crippen molar-refractivity contribution in [2.45, 2.75) is 32.1 Å². The van der Waals surface area contributed by atoms with Gasteiger partial charge < -0.3 is 0 Å². The molecule has 24 heavy (non-hydrogen) atoms. The highest BCUT2D eigenvalue weighted by atomic mass is 35.5. The number of halogens is 2. The summed E-state index contributed by atoms with van der Waals surface area (Å²) in [6, 6.07) is 13.1. The molecule has 0 aliphatic heterocycles. The third kappa shape index (κ3) is 2.58. The van der Waals surface area contributed by atoms with Gasteiger partial charge in [-0.25, -0.2) is 0 Å². The number of carbonyl (C=O) groups excluding carboxylic acids is 2. The summed E-state index contributed by atoms with van der Waals surface area (Å²) in [7, 11) is 0. The fourth-order valence-corrected chi connectivity index (χ4v) is 3.94. The van der Waals surface area contributed by atoms with Crippen molar-refractivity contribution < 1.29 is 9.59 Å². The third-order valence-electron chi connectivity index (χ3n) is 4.70. The number of hydrogen-bond acceptors (Lipinski definition) is 2. The number of benzene rings is 2. The number of carbonyl (C=O) groups is 2. The summed E-state index contributed by atoms with van der Waals surface area (Å²) >= 11 is 12.6. The molecule has 0 N–H and O–H groups in total. The second kappa shape index (κ2) is 5.72. The van der Waals surface area contributed by atoms with E-state index in [4.69, 9.17) is 23.2 Å². The fraction of sp³-hybridized carbons (Fsp3) is 0.300. The van der Waals surface area contributed by atoms with E-state index in [-0.39, 0.29) is 18.0 Å². The van der Waals surface area contributed by atoms with E-state index in [1.807, 2.05) is 49.4 Å². The molecule has 0 spiro atoms. The highest BCUT2D eigenvalue weighted by Gasteiger charge is 2.58. The minimum absolute atomic E-state index is 0.167. The van der Waals surface area contributed by atoms with E-state index < -0.39 is 10.3 Å². The van der Waals surface area contributed by atoms with Crippen LogP contribution in [0.1, 0.15) is 31.4 Å². The molecule has 0 bridgehead atoms. The first kappa shape index (κ1) is 17.2. The predicted molar refractivity (Wildman–Crippen MR) is 97.6 cm³/mol. The molecule has 0 amide bonds. The highest BCUT2D eigenvalue weighted by Crippen LogP contribution is 2.49. The number of Topliss-reactive ketones (excluding diaryl/α,β-unsaturated/α-hetero) is 2.